The summed E-state index contributed by atoms with van der Waals surface area (Å²) in [6.07, 6.45) is 2.03. The smallest absolute Gasteiger partial charge is 0.237 e. The number of aryl methyl sites for hydroxylation is 1. The quantitative estimate of drug-likeness (QED) is 0.915. The van der Waals surface area contributed by atoms with Crippen molar-refractivity contribution >= 4 is 26.8 Å². The second-order valence-electron chi connectivity index (χ2n) is 4.94. The number of aromatic nitrogens is 1. The molecule has 0 aliphatic rings. The van der Waals surface area contributed by atoms with Gasteiger partial charge in [0.05, 0.1) is 5.25 Å². The SMILES string of the molecule is CC(C)S(=O)(=O)NC(=O)CCn1ccc2ccccc21. The minimum absolute atomic E-state index is 0.130. The molecule has 1 amide bonds. The van der Waals surface area contributed by atoms with Crippen molar-refractivity contribution in [2.75, 3.05) is 0 Å². The summed E-state index contributed by atoms with van der Waals surface area (Å²) >= 11 is 0. The molecule has 0 atom stereocenters. The van der Waals surface area contributed by atoms with Crippen LogP contribution in [0.1, 0.15) is 20.3 Å². The molecule has 108 valence electrons. The molecule has 2 rings (SSSR count). The lowest BCUT2D eigenvalue weighted by Crippen LogP contribution is -2.36. The molecule has 1 heterocycles. The molecule has 0 aliphatic carbocycles. The summed E-state index contributed by atoms with van der Waals surface area (Å²) in [5, 5.41) is 0.488. The monoisotopic (exact) mass is 294 g/mol. The van der Waals surface area contributed by atoms with Gasteiger partial charge in [-0.25, -0.2) is 8.42 Å². The Hall–Kier alpha value is -1.82. The highest BCUT2D eigenvalue weighted by Crippen LogP contribution is 2.15. The molecule has 0 bridgehead atoms. The van der Waals surface area contributed by atoms with E-state index in [1.165, 1.54) is 13.8 Å². The number of fused-ring (bicyclic) bond motifs is 1. The molecular weight excluding hydrogens is 276 g/mol. The largest absolute Gasteiger partial charge is 0.347 e. The summed E-state index contributed by atoms with van der Waals surface area (Å²) in [5.74, 6) is -0.475. The molecule has 0 unspecified atom stereocenters. The summed E-state index contributed by atoms with van der Waals surface area (Å²) in [6.45, 7) is 3.52. The summed E-state index contributed by atoms with van der Waals surface area (Å²) in [5.41, 5.74) is 1.03. The van der Waals surface area contributed by atoms with Gasteiger partial charge in [-0.1, -0.05) is 18.2 Å². The van der Waals surface area contributed by atoms with Gasteiger partial charge in [-0.05, 0) is 31.4 Å². The van der Waals surface area contributed by atoms with E-state index in [4.69, 9.17) is 0 Å². The fourth-order valence-electron chi connectivity index (χ4n) is 1.89. The lowest BCUT2D eigenvalue weighted by Gasteiger charge is -2.10. The first-order chi connectivity index (χ1) is 9.40. The minimum Gasteiger partial charge on any atom is -0.347 e. The molecular formula is C14H18N2O3S. The van der Waals surface area contributed by atoms with Crippen molar-refractivity contribution in [3.63, 3.8) is 0 Å². The predicted molar refractivity (Wildman–Crippen MR) is 78.8 cm³/mol. The van der Waals surface area contributed by atoms with Crippen molar-refractivity contribution < 1.29 is 13.2 Å². The van der Waals surface area contributed by atoms with Crippen molar-refractivity contribution in [2.24, 2.45) is 0 Å². The highest BCUT2D eigenvalue weighted by Gasteiger charge is 2.18. The van der Waals surface area contributed by atoms with Gasteiger partial charge in [0.2, 0.25) is 15.9 Å². The Kier molecular flexibility index (Phi) is 4.13. The molecule has 0 saturated heterocycles. The van der Waals surface area contributed by atoms with E-state index in [1.54, 1.807) is 0 Å². The zero-order valence-corrected chi connectivity index (χ0v) is 12.4. The van der Waals surface area contributed by atoms with E-state index in [9.17, 15) is 13.2 Å². The Bertz CT molecular complexity index is 717. The van der Waals surface area contributed by atoms with Gasteiger partial charge in [0, 0.05) is 24.7 Å². The van der Waals surface area contributed by atoms with Gasteiger partial charge in [-0.15, -0.1) is 0 Å². The molecule has 1 aromatic carbocycles. The molecule has 5 nitrogen and oxygen atoms in total. The number of nitrogens with zero attached hydrogens (tertiary/aromatic N) is 1. The normalized spacial score (nSPS) is 11.9. The molecule has 1 aromatic heterocycles. The van der Waals surface area contributed by atoms with E-state index in [-0.39, 0.29) is 6.42 Å². The summed E-state index contributed by atoms with van der Waals surface area (Å²) in [6, 6.07) is 9.82. The topological polar surface area (TPSA) is 68.2 Å². The van der Waals surface area contributed by atoms with Crippen LogP contribution in [0.5, 0.6) is 0 Å². The summed E-state index contributed by atoms with van der Waals surface area (Å²) in [7, 11) is -3.54. The number of hydrogen-bond donors (Lipinski definition) is 1. The molecule has 0 aliphatic heterocycles. The lowest BCUT2D eigenvalue weighted by molar-refractivity contribution is -0.119. The van der Waals surface area contributed by atoms with Crippen LogP contribution in [0.3, 0.4) is 0 Å². The average Bonchev–Trinajstić information content (AvgIpc) is 2.79. The molecule has 6 heteroatoms. The Morgan fingerprint density at radius 1 is 1.25 bits per heavy atom. The van der Waals surface area contributed by atoms with E-state index in [1.807, 2.05) is 41.1 Å². The molecule has 0 spiro atoms. The zero-order valence-electron chi connectivity index (χ0n) is 11.5. The van der Waals surface area contributed by atoms with Crippen molar-refractivity contribution in [2.45, 2.75) is 32.1 Å². The van der Waals surface area contributed by atoms with Gasteiger partial charge in [0.25, 0.3) is 0 Å². The molecule has 0 saturated carbocycles. The first-order valence-corrected chi connectivity index (χ1v) is 8.03. The number of carbonyl (C=O) groups is 1. The number of para-hydroxylation sites is 1. The number of carbonyl (C=O) groups excluding carboxylic acids is 1. The van der Waals surface area contributed by atoms with Crippen LogP contribution in [0.4, 0.5) is 0 Å². The Morgan fingerprint density at radius 3 is 2.65 bits per heavy atom. The highest BCUT2D eigenvalue weighted by atomic mass is 32.2. The van der Waals surface area contributed by atoms with E-state index in [2.05, 4.69) is 4.72 Å². The van der Waals surface area contributed by atoms with Crippen LogP contribution in [0.25, 0.3) is 10.9 Å². The van der Waals surface area contributed by atoms with E-state index in [0.717, 1.165) is 10.9 Å². The number of nitrogens with one attached hydrogen (secondary N) is 1. The fraction of sp³-hybridized carbons (Fsp3) is 0.357. The average molecular weight is 294 g/mol. The van der Waals surface area contributed by atoms with Crippen LogP contribution in [-0.2, 0) is 21.4 Å². The summed E-state index contributed by atoms with van der Waals surface area (Å²) in [4.78, 5) is 11.7. The summed E-state index contributed by atoms with van der Waals surface area (Å²) < 4.78 is 27.2. The number of amides is 1. The Morgan fingerprint density at radius 2 is 1.95 bits per heavy atom. The van der Waals surface area contributed by atoms with Crippen LogP contribution in [0.2, 0.25) is 0 Å². The van der Waals surface area contributed by atoms with E-state index < -0.39 is 21.2 Å². The standard InChI is InChI=1S/C14H18N2O3S/c1-11(2)20(18,19)15-14(17)8-10-16-9-7-12-5-3-4-6-13(12)16/h3-7,9,11H,8,10H2,1-2H3,(H,15,17). The van der Waals surface area contributed by atoms with Crippen LogP contribution >= 0.6 is 0 Å². The maximum absolute atomic E-state index is 11.7. The van der Waals surface area contributed by atoms with Crippen molar-refractivity contribution in [3.8, 4) is 0 Å². The van der Waals surface area contributed by atoms with Gasteiger partial charge < -0.3 is 4.57 Å². The fourth-order valence-corrected chi connectivity index (χ4v) is 2.54. The van der Waals surface area contributed by atoms with Crippen molar-refractivity contribution in [3.05, 3.63) is 36.5 Å². The predicted octanol–water partition coefficient (Wildman–Crippen LogP) is 1.89. The maximum atomic E-state index is 11.7. The van der Waals surface area contributed by atoms with Crippen LogP contribution < -0.4 is 4.72 Å². The number of rotatable bonds is 5. The van der Waals surface area contributed by atoms with Gasteiger partial charge >= 0.3 is 0 Å². The van der Waals surface area contributed by atoms with Gasteiger partial charge in [-0.2, -0.15) is 0 Å². The Labute approximate surface area is 118 Å². The number of hydrogen-bond acceptors (Lipinski definition) is 3. The molecule has 2 aromatic rings. The van der Waals surface area contributed by atoms with Gasteiger partial charge in [0.15, 0.2) is 0 Å². The Balaban J connectivity index is 2.01. The number of benzene rings is 1. The van der Waals surface area contributed by atoms with Crippen molar-refractivity contribution in [1.29, 1.82) is 0 Å². The van der Waals surface area contributed by atoms with E-state index in [0.29, 0.717) is 6.54 Å². The second kappa shape index (κ2) is 5.66. The first kappa shape index (κ1) is 14.6. The first-order valence-electron chi connectivity index (χ1n) is 6.48. The lowest BCUT2D eigenvalue weighted by atomic mass is 10.2. The van der Waals surface area contributed by atoms with Crippen LogP contribution in [0, 0.1) is 0 Å². The number of sulfonamides is 1. The third kappa shape index (κ3) is 3.19. The van der Waals surface area contributed by atoms with Crippen LogP contribution in [0.15, 0.2) is 36.5 Å². The van der Waals surface area contributed by atoms with Crippen LogP contribution in [-0.4, -0.2) is 24.1 Å². The zero-order chi connectivity index (χ0) is 14.8. The molecule has 0 radical (unpaired) electrons. The third-order valence-electron chi connectivity index (χ3n) is 3.14. The molecule has 20 heavy (non-hydrogen) atoms. The second-order valence-corrected chi connectivity index (χ2v) is 7.17. The van der Waals surface area contributed by atoms with Gasteiger partial charge in [0.1, 0.15) is 0 Å². The maximum Gasteiger partial charge on any atom is 0.237 e. The molecule has 1 N–H and O–H groups in total. The highest BCUT2D eigenvalue weighted by molar-refractivity contribution is 7.90. The minimum atomic E-state index is -3.54. The van der Waals surface area contributed by atoms with Gasteiger partial charge in [-0.3, -0.25) is 9.52 Å². The third-order valence-corrected chi connectivity index (χ3v) is 4.89. The molecule has 0 fully saturated rings. The van der Waals surface area contributed by atoms with Crippen molar-refractivity contribution in [1.82, 2.24) is 9.29 Å². The van der Waals surface area contributed by atoms with E-state index >= 15 is 0 Å².